The number of ether oxygens (including phenoxy) is 1. The number of amides is 1. The SMILES string of the molecule is N#Cc1ccc(CN2CCC3(CC2)CC(N(C(=O)C(F)(F)F)[C@@H]2C[C@H]2c2ccccc2)CO3)cc1. The molecule has 1 aliphatic carbocycles. The standard InChI is InChI=1S/C27H28F3N3O2/c28-27(29,30)25(34)33(24-14-23(24)21-4-2-1-3-5-21)22-15-26(35-18-22)10-12-32(13-11-26)17-20-8-6-19(16-31)7-9-20/h1-9,22-24H,10-15,17-18H2/t22?,23-,24+/m0/s1. The van der Waals surface area contributed by atoms with Crippen LogP contribution < -0.4 is 0 Å². The van der Waals surface area contributed by atoms with Gasteiger partial charge in [-0.2, -0.15) is 18.4 Å². The topological polar surface area (TPSA) is 56.6 Å². The molecule has 0 aromatic heterocycles. The lowest BCUT2D eigenvalue weighted by Crippen LogP contribution is -2.50. The van der Waals surface area contributed by atoms with Gasteiger partial charge in [-0.05, 0) is 48.9 Å². The van der Waals surface area contributed by atoms with E-state index in [4.69, 9.17) is 10.00 Å². The van der Waals surface area contributed by atoms with Crippen LogP contribution in [0.2, 0.25) is 0 Å². The van der Waals surface area contributed by atoms with E-state index in [0.717, 1.165) is 48.5 Å². The molecule has 1 spiro atoms. The molecule has 2 aromatic rings. The number of halogens is 3. The van der Waals surface area contributed by atoms with Crippen molar-refractivity contribution in [3.63, 3.8) is 0 Å². The van der Waals surface area contributed by atoms with Crippen LogP contribution in [0.4, 0.5) is 13.2 Å². The number of hydrogen-bond donors (Lipinski definition) is 0. The van der Waals surface area contributed by atoms with Crippen molar-refractivity contribution in [2.75, 3.05) is 19.7 Å². The van der Waals surface area contributed by atoms with Gasteiger partial charge in [0, 0.05) is 31.6 Å². The number of likely N-dealkylation sites (tertiary alicyclic amines) is 1. The summed E-state index contributed by atoms with van der Waals surface area (Å²) in [5.41, 5.74) is 2.24. The summed E-state index contributed by atoms with van der Waals surface area (Å²) in [5, 5.41) is 8.96. The smallest absolute Gasteiger partial charge is 0.373 e. The molecule has 1 unspecified atom stereocenters. The van der Waals surface area contributed by atoms with Crippen LogP contribution in [0, 0.1) is 11.3 Å². The zero-order valence-corrected chi connectivity index (χ0v) is 19.4. The third-order valence-electron chi connectivity index (χ3n) is 7.66. The average molecular weight is 484 g/mol. The Morgan fingerprint density at radius 2 is 1.80 bits per heavy atom. The average Bonchev–Trinajstić information content (AvgIpc) is 3.54. The zero-order chi connectivity index (χ0) is 24.6. The van der Waals surface area contributed by atoms with Gasteiger partial charge < -0.3 is 9.64 Å². The molecule has 3 fully saturated rings. The molecule has 3 atom stereocenters. The first-order chi connectivity index (χ1) is 16.8. The van der Waals surface area contributed by atoms with Gasteiger partial charge in [-0.1, -0.05) is 42.5 Å². The summed E-state index contributed by atoms with van der Waals surface area (Å²) in [7, 11) is 0. The minimum atomic E-state index is -4.90. The van der Waals surface area contributed by atoms with E-state index in [1.165, 1.54) is 0 Å². The van der Waals surface area contributed by atoms with Gasteiger partial charge in [-0.25, -0.2) is 0 Å². The van der Waals surface area contributed by atoms with E-state index in [9.17, 15) is 18.0 Å². The van der Waals surface area contributed by atoms with E-state index < -0.39 is 29.8 Å². The minimum absolute atomic E-state index is 0.0617. The Morgan fingerprint density at radius 1 is 1.11 bits per heavy atom. The first kappa shape index (κ1) is 23.8. The molecule has 184 valence electrons. The largest absolute Gasteiger partial charge is 0.471 e. The Morgan fingerprint density at radius 3 is 2.43 bits per heavy atom. The normalized spacial score (nSPS) is 25.8. The van der Waals surface area contributed by atoms with Gasteiger partial charge in [0.1, 0.15) is 0 Å². The Balaban J connectivity index is 1.23. The van der Waals surface area contributed by atoms with Gasteiger partial charge in [0.25, 0.3) is 0 Å². The molecule has 0 radical (unpaired) electrons. The van der Waals surface area contributed by atoms with Crippen LogP contribution in [0.3, 0.4) is 0 Å². The van der Waals surface area contributed by atoms with Crippen LogP contribution in [0.5, 0.6) is 0 Å². The first-order valence-electron chi connectivity index (χ1n) is 12.1. The van der Waals surface area contributed by atoms with Crippen molar-refractivity contribution in [1.29, 1.82) is 5.26 Å². The lowest BCUT2D eigenvalue weighted by atomic mass is 9.86. The van der Waals surface area contributed by atoms with Crippen molar-refractivity contribution in [2.24, 2.45) is 0 Å². The quantitative estimate of drug-likeness (QED) is 0.623. The van der Waals surface area contributed by atoms with Crippen LogP contribution in [-0.2, 0) is 16.1 Å². The minimum Gasteiger partial charge on any atom is -0.373 e. The number of benzene rings is 2. The van der Waals surface area contributed by atoms with Crippen molar-refractivity contribution in [3.8, 4) is 6.07 Å². The second kappa shape index (κ2) is 9.29. The maximum Gasteiger partial charge on any atom is 0.471 e. The number of rotatable bonds is 5. The fourth-order valence-corrected chi connectivity index (χ4v) is 5.69. The third kappa shape index (κ3) is 5.07. The summed E-state index contributed by atoms with van der Waals surface area (Å²) in [6.07, 6.45) is -2.46. The summed E-state index contributed by atoms with van der Waals surface area (Å²) in [6, 6.07) is 18.1. The molecule has 1 saturated carbocycles. The van der Waals surface area contributed by atoms with Crippen molar-refractivity contribution in [1.82, 2.24) is 9.80 Å². The predicted octanol–water partition coefficient (Wildman–Crippen LogP) is 4.63. The van der Waals surface area contributed by atoms with Crippen LogP contribution in [-0.4, -0.2) is 59.3 Å². The zero-order valence-electron chi connectivity index (χ0n) is 19.4. The van der Waals surface area contributed by atoms with E-state index >= 15 is 0 Å². The summed E-state index contributed by atoms with van der Waals surface area (Å²) in [4.78, 5) is 15.9. The van der Waals surface area contributed by atoms with Crippen LogP contribution >= 0.6 is 0 Å². The monoisotopic (exact) mass is 483 g/mol. The molecule has 2 aromatic carbocycles. The molecule has 8 heteroatoms. The molecular formula is C27H28F3N3O2. The van der Waals surface area contributed by atoms with Crippen molar-refractivity contribution >= 4 is 5.91 Å². The Hall–Kier alpha value is -2.89. The molecule has 35 heavy (non-hydrogen) atoms. The Kier molecular flexibility index (Phi) is 6.32. The highest BCUT2D eigenvalue weighted by Gasteiger charge is 2.57. The lowest BCUT2D eigenvalue weighted by Gasteiger charge is -2.39. The molecule has 2 saturated heterocycles. The number of piperidine rings is 1. The highest BCUT2D eigenvalue weighted by Crippen LogP contribution is 2.49. The van der Waals surface area contributed by atoms with Crippen LogP contribution in [0.15, 0.2) is 54.6 Å². The van der Waals surface area contributed by atoms with E-state index in [-0.39, 0.29) is 12.5 Å². The van der Waals surface area contributed by atoms with Gasteiger partial charge in [-0.3, -0.25) is 9.69 Å². The molecule has 2 heterocycles. The van der Waals surface area contributed by atoms with Gasteiger partial charge in [0.2, 0.25) is 0 Å². The van der Waals surface area contributed by atoms with Gasteiger partial charge >= 0.3 is 12.1 Å². The molecular weight excluding hydrogens is 455 g/mol. The van der Waals surface area contributed by atoms with E-state index in [0.29, 0.717) is 18.4 Å². The van der Waals surface area contributed by atoms with Crippen molar-refractivity contribution in [2.45, 2.75) is 62.0 Å². The molecule has 5 nitrogen and oxygen atoms in total. The number of carbonyl (C=O) groups is 1. The third-order valence-corrected chi connectivity index (χ3v) is 7.66. The van der Waals surface area contributed by atoms with Crippen molar-refractivity contribution in [3.05, 3.63) is 71.3 Å². The molecule has 5 rings (SSSR count). The number of alkyl halides is 3. The predicted molar refractivity (Wildman–Crippen MR) is 123 cm³/mol. The van der Waals surface area contributed by atoms with Gasteiger partial charge in [0.15, 0.2) is 0 Å². The second-order valence-electron chi connectivity index (χ2n) is 9.97. The van der Waals surface area contributed by atoms with Crippen molar-refractivity contribution < 1.29 is 22.7 Å². The number of carbonyl (C=O) groups excluding carboxylic acids is 1. The maximum absolute atomic E-state index is 13.6. The highest BCUT2D eigenvalue weighted by atomic mass is 19.4. The van der Waals surface area contributed by atoms with Gasteiger partial charge in [-0.15, -0.1) is 0 Å². The van der Waals surface area contributed by atoms with Crippen LogP contribution in [0.1, 0.15) is 48.3 Å². The van der Waals surface area contributed by atoms with Crippen LogP contribution in [0.25, 0.3) is 0 Å². The summed E-state index contributed by atoms with van der Waals surface area (Å²) in [6.45, 7) is 2.45. The van der Waals surface area contributed by atoms with E-state index in [2.05, 4.69) is 11.0 Å². The fourth-order valence-electron chi connectivity index (χ4n) is 5.69. The molecule has 2 aliphatic heterocycles. The summed E-state index contributed by atoms with van der Waals surface area (Å²) < 4.78 is 46.8. The Labute approximate surface area is 203 Å². The first-order valence-corrected chi connectivity index (χ1v) is 12.1. The maximum atomic E-state index is 13.6. The van der Waals surface area contributed by atoms with Gasteiger partial charge in [0.05, 0.1) is 29.9 Å². The number of nitrogens with zero attached hydrogens (tertiary/aromatic N) is 3. The van der Waals surface area contributed by atoms with E-state index in [1.54, 1.807) is 12.1 Å². The lowest BCUT2D eigenvalue weighted by molar-refractivity contribution is -0.188. The number of hydrogen-bond acceptors (Lipinski definition) is 4. The molecule has 3 aliphatic rings. The molecule has 0 bridgehead atoms. The highest BCUT2D eigenvalue weighted by molar-refractivity contribution is 5.83. The second-order valence-corrected chi connectivity index (χ2v) is 9.97. The summed E-state index contributed by atoms with van der Waals surface area (Å²) >= 11 is 0. The Bertz CT molecular complexity index is 1090. The molecule has 1 amide bonds. The molecule has 0 N–H and O–H groups in total. The fraction of sp³-hybridized carbons (Fsp3) is 0.481. The van der Waals surface area contributed by atoms with E-state index in [1.807, 2.05) is 42.5 Å². The summed E-state index contributed by atoms with van der Waals surface area (Å²) in [5.74, 6) is -1.81. The number of nitriles is 1.